The van der Waals surface area contributed by atoms with Crippen molar-refractivity contribution in [3.05, 3.63) is 18.0 Å². The average Bonchev–Trinajstić information content (AvgIpc) is 3.30. The van der Waals surface area contributed by atoms with E-state index < -0.39 is 0 Å². The van der Waals surface area contributed by atoms with Gasteiger partial charge in [-0.05, 0) is 45.1 Å². The molecule has 2 saturated heterocycles. The maximum Gasteiger partial charge on any atom is 0.276 e. The van der Waals surface area contributed by atoms with Crippen LogP contribution in [0.5, 0.6) is 0 Å². The van der Waals surface area contributed by atoms with E-state index >= 15 is 0 Å². The zero-order valence-electron chi connectivity index (χ0n) is 14.5. The predicted molar refractivity (Wildman–Crippen MR) is 90.9 cm³/mol. The van der Waals surface area contributed by atoms with Gasteiger partial charge in [0.05, 0.1) is 5.92 Å². The van der Waals surface area contributed by atoms with Crippen LogP contribution in [-0.4, -0.2) is 65.0 Å². The quantitative estimate of drug-likeness (QED) is 0.888. The number of carbonyl (C=O) groups is 2. The maximum atomic E-state index is 12.3. The Balaban J connectivity index is 1.28. The number of hydrogen-bond donors (Lipinski definition) is 1. The second-order valence-corrected chi connectivity index (χ2v) is 7.53. The van der Waals surface area contributed by atoms with Gasteiger partial charge in [0.2, 0.25) is 5.91 Å². The van der Waals surface area contributed by atoms with E-state index in [1.807, 2.05) is 4.90 Å². The third-order valence-corrected chi connectivity index (χ3v) is 5.67. The van der Waals surface area contributed by atoms with Gasteiger partial charge < -0.3 is 14.7 Å². The van der Waals surface area contributed by atoms with Crippen molar-refractivity contribution in [1.82, 2.24) is 20.3 Å². The Kier molecular flexibility index (Phi) is 4.74. The molecule has 0 spiro atoms. The predicted octanol–water partition coefficient (Wildman–Crippen LogP) is 1.27. The van der Waals surface area contributed by atoms with Gasteiger partial charge in [0, 0.05) is 37.8 Å². The lowest BCUT2D eigenvalue weighted by Crippen LogP contribution is -2.51. The number of hydrogen-bond acceptors (Lipinski definition) is 5. The fraction of sp³-hybridized carbons (Fsp3) is 0.722. The largest absolute Gasteiger partial charge is 0.364 e. The standard InChI is InChI=1S/C18H26N4O3/c23-17(19-14-3-4-14)13-2-1-8-22(12-13)15-5-9-21(10-6-15)18(24)16-7-11-25-20-16/h7,11,13-15H,1-6,8-10,12H2,(H,19,23). The molecule has 1 aromatic heterocycles. The van der Waals surface area contributed by atoms with Crippen LogP contribution in [0, 0.1) is 5.92 Å². The highest BCUT2D eigenvalue weighted by Crippen LogP contribution is 2.26. The van der Waals surface area contributed by atoms with Crippen LogP contribution in [0.3, 0.4) is 0 Å². The first-order valence-corrected chi connectivity index (χ1v) is 9.45. The van der Waals surface area contributed by atoms with E-state index in [0.29, 0.717) is 17.8 Å². The van der Waals surface area contributed by atoms with Gasteiger partial charge in [-0.1, -0.05) is 5.16 Å². The highest BCUT2D eigenvalue weighted by atomic mass is 16.5. The minimum Gasteiger partial charge on any atom is -0.364 e. The molecule has 1 saturated carbocycles. The summed E-state index contributed by atoms with van der Waals surface area (Å²) in [6, 6.07) is 2.52. The normalized spacial score (nSPS) is 25.8. The second kappa shape index (κ2) is 7.15. The van der Waals surface area contributed by atoms with Gasteiger partial charge in [-0.25, -0.2) is 0 Å². The maximum absolute atomic E-state index is 12.3. The van der Waals surface area contributed by atoms with Crippen LogP contribution in [0.1, 0.15) is 49.0 Å². The minimum atomic E-state index is -0.0486. The summed E-state index contributed by atoms with van der Waals surface area (Å²) >= 11 is 0. The van der Waals surface area contributed by atoms with Gasteiger partial charge in [0.25, 0.3) is 5.91 Å². The summed E-state index contributed by atoms with van der Waals surface area (Å²) in [5.74, 6) is 0.322. The number of carbonyl (C=O) groups excluding carboxylic acids is 2. The molecule has 136 valence electrons. The van der Waals surface area contributed by atoms with Crippen LogP contribution >= 0.6 is 0 Å². The van der Waals surface area contributed by atoms with Gasteiger partial charge >= 0.3 is 0 Å². The molecule has 3 fully saturated rings. The van der Waals surface area contributed by atoms with E-state index in [4.69, 9.17) is 4.52 Å². The Morgan fingerprint density at radius 1 is 1.12 bits per heavy atom. The van der Waals surface area contributed by atoms with Crippen molar-refractivity contribution >= 4 is 11.8 Å². The van der Waals surface area contributed by atoms with Crippen molar-refractivity contribution in [2.45, 2.75) is 50.6 Å². The first-order valence-electron chi connectivity index (χ1n) is 9.45. The number of piperidine rings is 2. The number of likely N-dealkylation sites (tertiary alicyclic amines) is 2. The number of amides is 2. The van der Waals surface area contributed by atoms with Gasteiger partial charge in [0.1, 0.15) is 6.26 Å². The lowest BCUT2D eigenvalue weighted by atomic mass is 9.93. The van der Waals surface area contributed by atoms with E-state index in [1.165, 1.54) is 6.26 Å². The Morgan fingerprint density at radius 3 is 2.60 bits per heavy atom. The van der Waals surface area contributed by atoms with Crippen molar-refractivity contribution in [3.63, 3.8) is 0 Å². The number of rotatable bonds is 4. The molecule has 0 bridgehead atoms. The van der Waals surface area contributed by atoms with Gasteiger partial charge in [-0.15, -0.1) is 0 Å². The number of nitrogens with one attached hydrogen (secondary N) is 1. The zero-order chi connectivity index (χ0) is 17.2. The highest BCUT2D eigenvalue weighted by Gasteiger charge is 2.34. The lowest BCUT2D eigenvalue weighted by Gasteiger charge is -2.41. The van der Waals surface area contributed by atoms with Crippen LogP contribution in [0.2, 0.25) is 0 Å². The van der Waals surface area contributed by atoms with E-state index in [9.17, 15) is 9.59 Å². The van der Waals surface area contributed by atoms with Crippen molar-refractivity contribution in [1.29, 1.82) is 0 Å². The Morgan fingerprint density at radius 2 is 1.92 bits per heavy atom. The molecule has 2 aliphatic heterocycles. The van der Waals surface area contributed by atoms with Gasteiger partial charge in [0.15, 0.2) is 5.69 Å². The molecule has 7 heteroatoms. The minimum absolute atomic E-state index is 0.0486. The summed E-state index contributed by atoms with van der Waals surface area (Å²) in [5.41, 5.74) is 0.383. The molecule has 1 unspecified atom stereocenters. The SMILES string of the molecule is O=C(NC1CC1)C1CCCN(C2CCN(C(=O)c3ccon3)CC2)C1. The molecular weight excluding hydrogens is 320 g/mol. The summed E-state index contributed by atoms with van der Waals surface area (Å²) in [7, 11) is 0. The molecule has 2 amide bonds. The first kappa shape index (κ1) is 16.6. The monoisotopic (exact) mass is 346 g/mol. The summed E-state index contributed by atoms with van der Waals surface area (Å²) in [6.45, 7) is 3.41. The molecular formula is C18H26N4O3. The number of aromatic nitrogens is 1. The van der Waals surface area contributed by atoms with Crippen LogP contribution in [0.25, 0.3) is 0 Å². The van der Waals surface area contributed by atoms with Gasteiger partial charge in [-0.3, -0.25) is 14.5 Å². The molecule has 4 rings (SSSR count). The Hall–Kier alpha value is -1.89. The summed E-state index contributed by atoms with van der Waals surface area (Å²) in [6.07, 6.45) is 7.71. The van der Waals surface area contributed by atoms with E-state index in [2.05, 4.69) is 15.4 Å². The van der Waals surface area contributed by atoms with Crippen LogP contribution in [0.15, 0.2) is 16.9 Å². The van der Waals surface area contributed by atoms with Crippen molar-refractivity contribution < 1.29 is 14.1 Å². The average molecular weight is 346 g/mol. The second-order valence-electron chi connectivity index (χ2n) is 7.53. The van der Waals surface area contributed by atoms with Crippen LogP contribution in [-0.2, 0) is 4.79 Å². The number of nitrogens with zero attached hydrogens (tertiary/aromatic N) is 3. The van der Waals surface area contributed by atoms with Crippen molar-refractivity contribution in [2.24, 2.45) is 5.92 Å². The molecule has 0 aromatic carbocycles. The van der Waals surface area contributed by atoms with E-state index in [-0.39, 0.29) is 17.7 Å². The molecule has 7 nitrogen and oxygen atoms in total. The van der Waals surface area contributed by atoms with Crippen LogP contribution in [0.4, 0.5) is 0 Å². The van der Waals surface area contributed by atoms with E-state index in [0.717, 1.165) is 64.7 Å². The molecule has 1 N–H and O–H groups in total. The topological polar surface area (TPSA) is 78.7 Å². The molecule has 1 aliphatic carbocycles. The highest BCUT2D eigenvalue weighted by molar-refractivity contribution is 5.92. The lowest BCUT2D eigenvalue weighted by molar-refractivity contribution is -0.127. The third-order valence-electron chi connectivity index (χ3n) is 5.67. The zero-order valence-corrected chi connectivity index (χ0v) is 14.5. The van der Waals surface area contributed by atoms with E-state index in [1.54, 1.807) is 6.07 Å². The van der Waals surface area contributed by atoms with Crippen molar-refractivity contribution in [3.8, 4) is 0 Å². The summed E-state index contributed by atoms with van der Waals surface area (Å²) < 4.78 is 4.77. The van der Waals surface area contributed by atoms with Gasteiger partial charge in [-0.2, -0.15) is 0 Å². The summed E-state index contributed by atoms with van der Waals surface area (Å²) in [5, 5.41) is 6.89. The van der Waals surface area contributed by atoms with Crippen molar-refractivity contribution in [2.75, 3.05) is 26.2 Å². The Labute approximate surface area is 147 Å². The molecule has 3 heterocycles. The molecule has 25 heavy (non-hydrogen) atoms. The summed E-state index contributed by atoms with van der Waals surface area (Å²) in [4.78, 5) is 29.0. The fourth-order valence-corrected chi connectivity index (χ4v) is 4.02. The Bertz CT molecular complexity index is 606. The van der Waals surface area contributed by atoms with Crippen LogP contribution < -0.4 is 5.32 Å². The molecule has 0 radical (unpaired) electrons. The molecule has 3 aliphatic rings. The third kappa shape index (κ3) is 3.86. The fourth-order valence-electron chi connectivity index (χ4n) is 4.02. The molecule has 1 atom stereocenters. The molecule has 1 aromatic rings. The smallest absolute Gasteiger partial charge is 0.276 e. The first-order chi connectivity index (χ1) is 12.2.